The molecule has 0 spiro atoms. The summed E-state index contributed by atoms with van der Waals surface area (Å²) in [6.07, 6.45) is 0. The molecule has 0 heterocycles. The number of benzene rings is 2. The van der Waals surface area contributed by atoms with E-state index in [1.165, 1.54) is 0 Å². The molecule has 0 bridgehead atoms. The van der Waals surface area contributed by atoms with Crippen LogP contribution in [0.5, 0.6) is 23.0 Å². The van der Waals surface area contributed by atoms with Crippen molar-refractivity contribution in [1.82, 2.24) is 0 Å². The highest BCUT2D eigenvalue weighted by Gasteiger charge is 2.28. The predicted octanol–water partition coefficient (Wildman–Crippen LogP) is 7.75. The molecule has 4 heteroatoms. The number of phenols is 2. The van der Waals surface area contributed by atoms with Gasteiger partial charge in [0.25, 0.3) is 0 Å². The Kier molecular flexibility index (Phi) is 7.67. The minimum Gasteiger partial charge on any atom is -0.507 e. The van der Waals surface area contributed by atoms with E-state index in [1.807, 2.05) is 24.3 Å². The van der Waals surface area contributed by atoms with Crippen molar-refractivity contribution in [2.45, 2.75) is 105 Å². The van der Waals surface area contributed by atoms with Crippen molar-refractivity contribution in [3.05, 3.63) is 46.5 Å². The molecule has 0 aliphatic carbocycles. The van der Waals surface area contributed by atoms with Gasteiger partial charge >= 0.3 is 0 Å². The Bertz CT molecular complexity index is 853. The summed E-state index contributed by atoms with van der Waals surface area (Å²) in [5.74, 6) is 2.15. The monoisotopic (exact) mass is 470 g/mol. The van der Waals surface area contributed by atoms with Crippen molar-refractivity contribution >= 4 is 0 Å². The normalized spacial score (nSPS) is 13.2. The van der Waals surface area contributed by atoms with E-state index in [9.17, 15) is 10.2 Å². The Labute approximate surface area is 207 Å². The molecule has 0 fully saturated rings. The van der Waals surface area contributed by atoms with Gasteiger partial charge in [0.2, 0.25) is 0 Å². The van der Waals surface area contributed by atoms with E-state index >= 15 is 0 Å². The van der Waals surface area contributed by atoms with Gasteiger partial charge in [-0.1, -0.05) is 83.1 Å². The number of aromatic hydroxyl groups is 2. The minimum atomic E-state index is -0.210. The first-order valence-electron chi connectivity index (χ1n) is 12.2. The molecule has 0 amide bonds. The van der Waals surface area contributed by atoms with Gasteiger partial charge in [0.1, 0.15) is 36.2 Å². The lowest BCUT2D eigenvalue weighted by Crippen LogP contribution is -2.19. The number of hydrogen-bond donors (Lipinski definition) is 2. The van der Waals surface area contributed by atoms with Crippen LogP contribution in [0.2, 0.25) is 0 Å². The lowest BCUT2D eigenvalue weighted by Gasteiger charge is -2.28. The van der Waals surface area contributed by atoms with Gasteiger partial charge in [-0.25, -0.2) is 0 Å². The third-order valence-electron chi connectivity index (χ3n) is 6.02. The fourth-order valence-electron chi connectivity index (χ4n) is 3.99. The molecule has 0 atom stereocenters. The number of phenolic OH excluding ortho intramolecular Hbond substituents is 2. The molecular weight excluding hydrogens is 424 g/mol. The van der Waals surface area contributed by atoms with Crippen molar-refractivity contribution in [2.24, 2.45) is 0 Å². The molecule has 0 radical (unpaired) electrons. The third-order valence-corrected chi connectivity index (χ3v) is 6.02. The zero-order chi connectivity index (χ0) is 26.3. The summed E-state index contributed by atoms with van der Waals surface area (Å²) in [4.78, 5) is 0. The highest BCUT2D eigenvalue weighted by atomic mass is 16.5. The minimum absolute atomic E-state index is 0.210. The largest absolute Gasteiger partial charge is 0.507 e. The molecule has 0 aliphatic heterocycles. The molecule has 4 nitrogen and oxygen atoms in total. The first-order valence-corrected chi connectivity index (χ1v) is 12.2. The molecule has 0 aliphatic rings. The Morgan fingerprint density at radius 1 is 0.471 bits per heavy atom. The van der Waals surface area contributed by atoms with E-state index in [2.05, 4.69) is 83.1 Å². The van der Waals surface area contributed by atoms with E-state index in [4.69, 9.17) is 9.47 Å². The van der Waals surface area contributed by atoms with Gasteiger partial charge in [-0.15, -0.1) is 0 Å². The maximum Gasteiger partial charge on any atom is 0.123 e. The van der Waals surface area contributed by atoms with Gasteiger partial charge < -0.3 is 19.7 Å². The van der Waals surface area contributed by atoms with Crippen LogP contribution in [0.4, 0.5) is 0 Å². The predicted molar refractivity (Wildman–Crippen MR) is 142 cm³/mol. The fourth-order valence-corrected chi connectivity index (χ4v) is 3.99. The van der Waals surface area contributed by atoms with Crippen LogP contribution in [0.15, 0.2) is 24.3 Å². The molecule has 2 aromatic carbocycles. The lowest BCUT2D eigenvalue weighted by atomic mass is 9.79. The fraction of sp³-hybridized carbons (Fsp3) is 0.600. The number of rotatable bonds is 5. The van der Waals surface area contributed by atoms with Gasteiger partial charge in [0.15, 0.2) is 0 Å². The summed E-state index contributed by atoms with van der Waals surface area (Å²) in [5.41, 5.74) is 2.66. The van der Waals surface area contributed by atoms with Crippen LogP contribution in [-0.4, -0.2) is 23.4 Å². The van der Waals surface area contributed by atoms with Crippen LogP contribution in [-0.2, 0) is 21.7 Å². The van der Waals surface area contributed by atoms with E-state index in [-0.39, 0.29) is 21.7 Å². The highest BCUT2D eigenvalue weighted by molar-refractivity contribution is 5.53. The second-order valence-corrected chi connectivity index (χ2v) is 13.4. The maximum absolute atomic E-state index is 10.9. The van der Waals surface area contributed by atoms with Gasteiger partial charge in [0.05, 0.1) is 0 Å². The third kappa shape index (κ3) is 6.61. The summed E-state index contributed by atoms with van der Waals surface area (Å²) >= 11 is 0. The summed E-state index contributed by atoms with van der Waals surface area (Å²) in [7, 11) is 0. The topological polar surface area (TPSA) is 58.9 Å². The molecule has 190 valence electrons. The average molecular weight is 471 g/mol. The van der Waals surface area contributed by atoms with Gasteiger partial charge in [0, 0.05) is 22.3 Å². The van der Waals surface area contributed by atoms with Crippen molar-refractivity contribution in [2.75, 3.05) is 13.2 Å². The Balaban J connectivity index is 2.26. The summed E-state index contributed by atoms with van der Waals surface area (Å²) < 4.78 is 12.2. The van der Waals surface area contributed by atoms with E-state index < -0.39 is 0 Å². The Morgan fingerprint density at radius 3 is 0.853 bits per heavy atom. The Morgan fingerprint density at radius 2 is 0.676 bits per heavy atom. The standard InChI is InChI=1S/C30H46O4/c1-27(2,3)21-15-19(16-22(25(21)31)28(4,5)6)33-13-14-34-20-17-23(29(7,8)9)26(32)24(18-20)30(10,11)12/h15-18,31-32H,13-14H2,1-12H3. The zero-order valence-corrected chi connectivity index (χ0v) is 23.4. The van der Waals surface area contributed by atoms with Crippen LogP contribution in [0.3, 0.4) is 0 Å². The van der Waals surface area contributed by atoms with Crippen LogP contribution >= 0.6 is 0 Å². The molecule has 0 saturated heterocycles. The van der Waals surface area contributed by atoms with Crippen molar-refractivity contribution in [3.63, 3.8) is 0 Å². The number of hydrogen-bond acceptors (Lipinski definition) is 4. The molecule has 0 saturated carbocycles. The number of ether oxygens (including phenoxy) is 2. The second-order valence-electron chi connectivity index (χ2n) is 13.4. The molecule has 0 aromatic heterocycles. The summed E-state index contributed by atoms with van der Waals surface area (Å²) in [5, 5.41) is 21.8. The maximum atomic E-state index is 10.9. The van der Waals surface area contributed by atoms with Gasteiger partial charge in [-0.3, -0.25) is 0 Å². The van der Waals surface area contributed by atoms with Crippen LogP contribution in [0.25, 0.3) is 0 Å². The highest BCUT2D eigenvalue weighted by Crippen LogP contribution is 2.43. The first-order chi connectivity index (χ1) is 15.2. The van der Waals surface area contributed by atoms with Crippen LogP contribution in [0.1, 0.15) is 105 Å². The average Bonchev–Trinajstić information content (AvgIpc) is 2.63. The SMILES string of the molecule is CC(C)(C)c1cc(OCCOc2cc(C(C)(C)C)c(O)c(C(C)(C)C)c2)cc(C(C)(C)C)c1O. The second kappa shape index (κ2) is 9.36. The molecular formula is C30H46O4. The summed E-state index contributed by atoms with van der Waals surface area (Å²) in [6, 6.07) is 7.72. The van der Waals surface area contributed by atoms with E-state index in [1.54, 1.807) is 0 Å². The smallest absolute Gasteiger partial charge is 0.123 e. The molecule has 2 rings (SSSR count). The van der Waals surface area contributed by atoms with Crippen molar-refractivity contribution in [1.29, 1.82) is 0 Å². The van der Waals surface area contributed by atoms with Gasteiger partial charge in [-0.05, 0) is 45.9 Å². The van der Waals surface area contributed by atoms with Gasteiger partial charge in [-0.2, -0.15) is 0 Å². The lowest BCUT2D eigenvalue weighted by molar-refractivity contribution is 0.215. The molecule has 2 aromatic rings. The van der Waals surface area contributed by atoms with Crippen molar-refractivity contribution in [3.8, 4) is 23.0 Å². The van der Waals surface area contributed by atoms with Crippen LogP contribution in [0, 0.1) is 0 Å². The van der Waals surface area contributed by atoms with Crippen LogP contribution < -0.4 is 9.47 Å². The Hall–Kier alpha value is -2.36. The molecule has 2 N–H and O–H groups in total. The zero-order valence-electron chi connectivity index (χ0n) is 23.4. The van der Waals surface area contributed by atoms with Crippen molar-refractivity contribution < 1.29 is 19.7 Å². The van der Waals surface area contributed by atoms with E-state index in [0.717, 1.165) is 33.8 Å². The molecule has 0 unspecified atom stereocenters. The van der Waals surface area contributed by atoms with E-state index in [0.29, 0.717) is 24.7 Å². The quantitative estimate of drug-likeness (QED) is 0.439. The summed E-state index contributed by atoms with van der Waals surface area (Å²) in [6.45, 7) is 25.8. The first kappa shape index (κ1) is 27.9. The molecule has 34 heavy (non-hydrogen) atoms.